The van der Waals surface area contributed by atoms with Crippen LogP contribution in [0.15, 0.2) is 48.5 Å². The Morgan fingerprint density at radius 2 is 1.83 bits per heavy atom. The summed E-state index contributed by atoms with van der Waals surface area (Å²) in [5.41, 5.74) is 0.139. The van der Waals surface area contributed by atoms with E-state index in [9.17, 15) is 20.0 Å². The number of benzene rings is 2. The van der Waals surface area contributed by atoms with Gasteiger partial charge in [0.1, 0.15) is 5.75 Å². The van der Waals surface area contributed by atoms with Gasteiger partial charge in [0.15, 0.2) is 5.78 Å². The lowest BCUT2D eigenvalue weighted by Crippen LogP contribution is -2.02. The Hall–Kier alpha value is -2.69. The lowest BCUT2D eigenvalue weighted by atomic mass is 10.0. The molecule has 0 amide bonds. The average Bonchev–Trinajstić information content (AvgIpc) is 2.38. The molecule has 0 radical (unpaired) electrons. The van der Waals surface area contributed by atoms with Crippen LogP contribution in [0.1, 0.15) is 15.9 Å². The molecule has 0 heterocycles. The molecule has 1 N–H and O–H groups in total. The van der Waals surface area contributed by atoms with Crippen LogP contribution in [0.4, 0.5) is 5.69 Å². The van der Waals surface area contributed by atoms with Gasteiger partial charge in [-0.1, -0.05) is 24.3 Å². The van der Waals surface area contributed by atoms with Crippen LogP contribution in [0.3, 0.4) is 0 Å². The van der Waals surface area contributed by atoms with Gasteiger partial charge in [-0.15, -0.1) is 0 Å². The molecule has 5 heteroatoms. The van der Waals surface area contributed by atoms with Crippen LogP contribution in [0.25, 0.3) is 0 Å². The zero-order chi connectivity index (χ0) is 13.1. The van der Waals surface area contributed by atoms with E-state index in [1.165, 1.54) is 36.4 Å². The molecule has 0 saturated carbocycles. The van der Waals surface area contributed by atoms with Crippen molar-refractivity contribution in [2.75, 3.05) is 0 Å². The van der Waals surface area contributed by atoms with Gasteiger partial charge in [0.05, 0.1) is 10.5 Å². The van der Waals surface area contributed by atoms with E-state index in [0.29, 0.717) is 0 Å². The number of hydrogen-bond donors (Lipinski definition) is 1. The molecule has 2 aromatic rings. The molecule has 2 aromatic carbocycles. The molecule has 0 atom stereocenters. The molecule has 0 fully saturated rings. The maximum absolute atomic E-state index is 12.1. The summed E-state index contributed by atoms with van der Waals surface area (Å²) in [6, 6.07) is 11.5. The fourth-order valence-corrected chi connectivity index (χ4v) is 1.58. The predicted octanol–water partition coefficient (Wildman–Crippen LogP) is 2.53. The summed E-state index contributed by atoms with van der Waals surface area (Å²) in [5.74, 6) is -0.592. The highest BCUT2D eigenvalue weighted by atomic mass is 16.6. The highest BCUT2D eigenvalue weighted by Gasteiger charge is 2.15. The van der Waals surface area contributed by atoms with Crippen LogP contribution < -0.4 is 0 Å². The minimum absolute atomic E-state index is 0.123. The topological polar surface area (TPSA) is 80.4 Å². The summed E-state index contributed by atoms with van der Waals surface area (Å²) in [6.07, 6.45) is 0. The van der Waals surface area contributed by atoms with E-state index >= 15 is 0 Å². The summed E-state index contributed by atoms with van der Waals surface area (Å²) >= 11 is 0. The highest BCUT2D eigenvalue weighted by Crippen LogP contribution is 2.21. The standard InChI is InChI=1S/C13H9NO4/c15-12-7-2-1-6-11(12)13(16)9-4-3-5-10(8-9)14(17)18/h1-8,15H. The van der Waals surface area contributed by atoms with E-state index in [1.54, 1.807) is 12.1 Å². The van der Waals surface area contributed by atoms with Gasteiger partial charge in [0, 0.05) is 17.7 Å². The van der Waals surface area contributed by atoms with Crippen LogP contribution in [-0.2, 0) is 0 Å². The zero-order valence-corrected chi connectivity index (χ0v) is 9.24. The minimum atomic E-state index is -0.568. The number of nitrogens with zero attached hydrogens (tertiary/aromatic N) is 1. The number of para-hydroxylation sites is 1. The number of non-ortho nitro benzene ring substituents is 1. The van der Waals surface area contributed by atoms with Gasteiger partial charge >= 0.3 is 0 Å². The maximum Gasteiger partial charge on any atom is 0.270 e. The fraction of sp³-hybridized carbons (Fsp3) is 0. The van der Waals surface area contributed by atoms with Gasteiger partial charge in [-0.05, 0) is 12.1 Å². The maximum atomic E-state index is 12.1. The number of hydrogen-bond acceptors (Lipinski definition) is 4. The van der Waals surface area contributed by atoms with Crippen molar-refractivity contribution in [1.29, 1.82) is 0 Å². The molecule has 2 rings (SSSR count). The Balaban J connectivity index is 2.44. The molecule has 0 saturated heterocycles. The van der Waals surface area contributed by atoms with Crippen LogP contribution in [0.5, 0.6) is 5.75 Å². The van der Waals surface area contributed by atoms with E-state index in [1.807, 2.05) is 0 Å². The first-order valence-corrected chi connectivity index (χ1v) is 5.17. The first-order chi connectivity index (χ1) is 8.59. The number of phenolic OH excluding ortho intramolecular Hbond substituents is 1. The Labute approximate surface area is 102 Å². The molecule has 5 nitrogen and oxygen atoms in total. The Morgan fingerprint density at radius 1 is 1.11 bits per heavy atom. The van der Waals surface area contributed by atoms with E-state index in [2.05, 4.69) is 0 Å². The van der Waals surface area contributed by atoms with Crippen molar-refractivity contribution in [3.63, 3.8) is 0 Å². The van der Waals surface area contributed by atoms with E-state index < -0.39 is 10.7 Å². The average molecular weight is 243 g/mol. The predicted molar refractivity (Wildman–Crippen MR) is 64.6 cm³/mol. The number of nitro groups is 1. The van der Waals surface area contributed by atoms with Gasteiger partial charge in [-0.25, -0.2) is 0 Å². The largest absolute Gasteiger partial charge is 0.507 e. The minimum Gasteiger partial charge on any atom is -0.507 e. The summed E-state index contributed by atoms with van der Waals surface area (Å²) < 4.78 is 0. The monoisotopic (exact) mass is 243 g/mol. The molecule has 90 valence electrons. The molecule has 0 aliphatic carbocycles. The van der Waals surface area contributed by atoms with Gasteiger partial charge in [0.25, 0.3) is 5.69 Å². The number of rotatable bonds is 3. The van der Waals surface area contributed by atoms with E-state index in [-0.39, 0.29) is 22.6 Å². The second-order valence-electron chi connectivity index (χ2n) is 3.65. The normalized spacial score (nSPS) is 10.0. The zero-order valence-electron chi connectivity index (χ0n) is 9.24. The van der Waals surface area contributed by atoms with Crippen LogP contribution in [0, 0.1) is 10.1 Å². The third kappa shape index (κ3) is 2.20. The van der Waals surface area contributed by atoms with Crippen molar-refractivity contribution in [1.82, 2.24) is 0 Å². The number of carbonyl (C=O) groups excluding carboxylic acids is 1. The summed E-state index contributed by atoms with van der Waals surface area (Å²) in [6.45, 7) is 0. The molecule has 0 aliphatic rings. The first-order valence-electron chi connectivity index (χ1n) is 5.17. The van der Waals surface area contributed by atoms with Crippen molar-refractivity contribution in [2.24, 2.45) is 0 Å². The van der Waals surface area contributed by atoms with Crippen LogP contribution >= 0.6 is 0 Å². The molecule has 0 spiro atoms. The molecular weight excluding hydrogens is 234 g/mol. The SMILES string of the molecule is O=C(c1cccc([N+](=O)[O-])c1)c1ccccc1O. The second kappa shape index (κ2) is 4.67. The summed E-state index contributed by atoms with van der Waals surface area (Å²) in [7, 11) is 0. The molecular formula is C13H9NO4. The van der Waals surface area contributed by atoms with E-state index in [4.69, 9.17) is 0 Å². The molecule has 0 aliphatic heterocycles. The Bertz CT molecular complexity index is 622. The third-order valence-electron chi connectivity index (χ3n) is 2.47. The Morgan fingerprint density at radius 3 is 2.50 bits per heavy atom. The number of aromatic hydroxyl groups is 1. The second-order valence-corrected chi connectivity index (χ2v) is 3.65. The molecule has 0 bridgehead atoms. The van der Waals surface area contributed by atoms with Gasteiger partial charge < -0.3 is 5.11 Å². The van der Waals surface area contributed by atoms with Crippen LogP contribution in [-0.4, -0.2) is 15.8 Å². The third-order valence-corrected chi connectivity index (χ3v) is 2.47. The molecule has 0 unspecified atom stereocenters. The fourth-order valence-electron chi connectivity index (χ4n) is 1.58. The number of carbonyl (C=O) groups is 1. The lowest BCUT2D eigenvalue weighted by Gasteiger charge is -2.03. The lowest BCUT2D eigenvalue weighted by molar-refractivity contribution is -0.384. The number of nitro benzene ring substituents is 1. The van der Waals surface area contributed by atoms with E-state index in [0.717, 1.165) is 0 Å². The van der Waals surface area contributed by atoms with Crippen molar-refractivity contribution in [2.45, 2.75) is 0 Å². The van der Waals surface area contributed by atoms with Crippen molar-refractivity contribution < 1.29 is 14.8 Å². The Kier molecular flexibility index (Phi) is 3.05. The van der Waals surface area contributed by atoms with Gasteiger partial charge in [0.2, 0.25) is 0 Å². The number of ketones is 1. The van der Waals surface area contributed by atoms with Crippen molar-refractivity contribution in [3.05, 3.63) is 69.8 Å². The van der Waals surface area contributed by atoms with Crippen molar-refractivity contribution >= 4 is 11.5 Å². The summed E-state index contributed by atoms with van der Waals surface area (Å²) in [5, 5.41) is 20.2. The molecule has 0 aromatic heterocycles. The highest BCUT2D eigenvalue weighted by molar-refractivity contribution is 6.10. The summed E-state index contributed by atoms with van der Waals surface area (Å²) in [4.78, 5) is 22.1. The van der Waals surface area contributed by atoms with Gasteiger partial charge in [-0.2, -0.15) is 0 Å². The number of phenols is 1. The smallest absolute Gasteiger partial charge is 0.270 e. The quantitative estimate of drug-likeness (QED) is 0.510. The van der Waals surface area contributed by atoms with Crippen molar-refractivity contribution in [3.8, 4) is 5.75 Å². The van der Waals surface area contributed by atoms with Gasteiger partial charge in [-0.3, -0.25) is 14.9 Å². The molecule has 18 heavy (non-hydrogen) atoms. The van der Waals surface area contributed by atoms with Crippen LogP contribution in [0.2, 0.25) is 0 Å². The first kappa shape index (κ1) is 11.8.